The zero-order valence-electron chi connectivity index (χ0n) is 7.07. The van der Waals surface area contributed by atoms with Crippen molar-refractivity contribution in [2.75, 3.05) is 18.6 Å². The predicted molar refractivity (Wildman–Crippen MR) is 50.2 cm³/mol. The Hall–Kier alpha value is -0.770. The maximum Gasteiger partial charge on any atom is 0.108 e. The molecule has 0 heterocycles. The molecule has 1 aromatic carbocycles. The van der Waals surface area contributed by atoms with Gasteiger partial charge in [-0.2, -0.15) is 0 Å². The highest BCUT2D eigenvalue weighted by molar-refractivity contribution is 6.24. The second kappa shape index (κ2) is 3.31. The smallest absolute Gasteiger partial charge is 0.108 e. The number of nitrogens with zero attached hydrogens (tertiary/aromatic N) is 2. The molecule has 0 N–H and O–H groups in total. The molecule has 4 heteroatoms. The van der Waals surface area contributed by atoms with Crippen LogP contribution in [0, 0.1) is 5.21 Å². The Balaban J connectivity index is 2.86. The SMILES string of the molecule is C[N+](C)([O-])N(Cl)c1ccccc1. The minimum Gasteiger partial charge on any atom is -0.605 e. The van der Waals surface area contributed by atoms with Gasteiger partial charge in [-0.05, 0) is 12.1 Å². The predicted octanol–water partition coefficient (Wildman–Crippen LogP) is 2.14. The molecule has 0 aliphatic rings. The summed E-state index contributed by atoms with van der Waals surface area (Å²) in [5.74, 6) is 0. The molecule has 0 bridgehead atoms. The van der Waals surface area contributed by atoms with Crippen molar-refractivity contribution in [1.82, 2.24) is 0 Å². The first-order valence-corrected chi connectivity index (χ1v) is 3.92. The van der Waals surface area contributed by atoms with Gasteiger partial charge in [0, 0.05) is 0 Å². The fraction of sp³-hybridized carbons (Fsp3) is 0.250. The van der Waals surface area contributed by atoms with E-state index >= 15 is 0 Å². The molecular formula is C8H11ClN2O. The number of hydroxylamine groups is 2. The molecule has 66 valence electrons. The maximum absolute atomic E-state index is 11.3. The average Bonchev–Trinajstić information content (AvgIpc) is 2.03. The van der Waals surface area contributed by atoms with Gasteiger partial charge >= 0.3 is 0 Å². The summed E-state index contributed by atoms with van der Waals surface area (Å²) < 4.78 is 0.450. The number of quaternary nitrogens is 1. The van der Waals surface area contributed by atoms with Crippen LogP contribution in [0.5, 0.6) is 0 Å². The van der Waals surface area contributed by atoms with Gasteiger partial charge in [0.25, 0.3) is 0 Å². The first-order valence-electron chi connectivity index (χ1n) is 3.58. The number of halogens is 1. The van der Waals surface area contributed by atoms with Crippen molar-refractivity contribution in [3.8, 4) is 0 Å². The van der Waals surface area contributed by atoms with Crippen LogP contribution in [0.4, 0.5) is 5.69 Å². The number of hydrogen-bond donors (Lipinski definition) is 0. The van der Waals surface area contributed by atoms with Gasteiger partial charge in [-0.25, -0.2) is 4.76 Å². The summed E-state index contributed by atoms with van der Waals surface area (Å²) in [6.07, 6.45) is 0. The maximum atomic E-state index is 11.3. The van der Waals surface area contributed by atoms with Crippen molar-refractivity contribution < 1.29 is 4.76 Å². The molecule has 0 saturated carbocycles. The van der Waals surface area contributed by atoms with Gasteiger partial charge in [-0.3, -0.25) is 0 Å². The molecule has 0 amide bonds. The van der Waals surface area contributed by atoms with Crippen molar-refractivity contribution in [2.45, 2.75) is 0 Å². The Morgan fingerprint density at radius 2 is 1.75 bits per heavy atom. The second-order valence-electron chi connectivity index (χ2n) is 2.89. The summed E-state index contributed by atoms with van der Waals surface area (Å²) in [7, 11) is 2.92. The molecule has 12 heavy (non-hydrogen) atoms. The van der Waals surface area contributed by atoms with Crippen molar-refractivity contribution >= 4 is 17.5 Å². The van der Waals surface area contributed by atoms with Gasteiger partial charge in [0.05, 0.1) is 25.9 Å². The minimum atomic E-state index is -0.675. The van der Waals surface area contributed by atoms with E-state index in [9.17, 15) is 5.21 Å². The van der Waals surface area contributed by atoms with E-state index in [4.69, 9.17) is 11.8 Å². The van der Waals surface area contributed by atoms with Crippen molar-refractivity contribution in [3.63, 3.8) is 0 Å². The van der Waals surface area contributed by atoms with E-state index in [2.05, 4.69) is 0 Å². The van der Waals surface area contributed by atoms with E-state index in [1.54, 1.807) is 12.1 Å². The standard InChI is InChI=1S/C8H11ClN2O/c1-11(2,12)10(9)8-6-4-3-5-7-8/h3-7H,1-2H3. The number of hydrogen-bond acceptors (Lipinski definition) is 2. The Morgan fingerprint density at radius 1 is 1.25 bits per heavy atom. The van der Waals surface area contributed by atoms with E-state index < -0.39 is 4.76 Å². The van der Waals surface area contributed by atoms with Crippen molar-refractivity contribution in [1.29, 1.82) is 0 Å². The molecule has 0 aliphatic carbocycles. The van der Waals surface area contributed by atoms with E-state index in [1.807, 2.05) is 18.2 Å². The van der Waals surface area contributed by atoms with Gasteiger partial charge in [0.2, 0.25) is 0 Å². The molecule has 0 radical (unpaired) electrons. The summed E-state index contributed by atoms with van der Waals surface area (Å²) in [5, 5.41) is 11.3. The third kappa shape index (κ3) is 2.11. The van der Waals surface area contributed by atoms with Crippen molar-refractivity contribution in [2.24, 2.45) is 0 Å². The van der Waals surface area contributed by atoms with Crippen LogP contribution in [0.1, 0.15) is 0 Å². The average molecular weight is 187 g/mol. The zero-order chi connectivity index (χ0) is 9.19. The summed E-state index contributed by atoms with van der Waals surface area (Å²) in [6, 6.07) is 9.11. The quantitative estimate of drug-likeness (QED) is 0.402. The monoisotopic (exact) mass is 186 g/mol. The molecule has 1 rings (SSSR count). The van der Waals surface area contributed by atoms with Gasteiger partial charge < -0.3 is 5.21 Å². The molecule has 0 aromatic heterocycles. The van der Waals surface area contributed by atoms with Gasteiger partial charge in [0.15, 0.2) is 0 Å². The van der Waals surface area contributed by atoms with Gasteiger partial charge in [-0.15, -0.1) is 4.53 Å². The summed E-state index contributed by atoms with van der Waals surface area (Å²) in [4.78, 5) is 0. The van der Waals surface area contributed by atoms with Crippen LogP contribution in [0.25, 0.3) is 0 Å². The molecule has 0 saturated heterocycles. The minimum absolute atomic E-state index is 0.675. The lowest BCUT2D eigenvalue weighted by Gasteiger charge is -2.38. The number of anilines is 1. The van der Waals surface area contributed by atoms with E-state index in [0.29, 0.717) is 5.69 Å². The number of benzene rings is 1. The van der Waals surface area contributed by atoms with Crippen LogP contribution < -0.4 is 4.53 Å². The number of rotatable bonds is 2. The highest BCUT2D eigenvalue weighted by atomic mass is 35.5. The molecule has 0 aliphatic heterocycles. The molecule has 1 aromatic rings. The molecule has 0 spiro atoms. The first-order chi connectivity index (χ1) is 5.52. The Morgan fingerprint density at radius 3 is 2.17 bits per heavy atom. The Labute approximate surface area is 77.0 Å². The van der Waals surface area contributed by atoms with E-state index in [1.165, 1.54) is 14.1 Å². The largest absolute Gasteiger partial charge is 0.605 e. The highest BCUT2D eigenvalue weighted by Crippen LogP contribution is 2.20. The fourth-order valence-corrected chi connectivity index (χ4v) is 0.942. The summed E-state index contributed by atoms with van der Waals surface area (Å²) >= 11 is 5.78. The van der Waals surface area contributed by atoms with Crippen LogP contribution in [0.3, 0.4) is 0 Å². The molecule has 0 atom stereocenters. The number of para-hydroxylation sites is 1. The molecule has 0 fully saturated rings. The van der Waals surface area contributed by atoms with Crippen molar-refractivity contribution in [3.05, 3.63) is 35.5 Å². The zero-order valence-corrected chi connectivity index (χ0v) is 7.82. The van der Waals surface area contributed by atoms with Crippen LogP contribution >= 0.6 is 11.8 Å². The normalized spacial score (nSPS) is 11.3. The lowest BCUT2D eigenvalue weighted by molar-refractivity contribution is -0.838. The lowest BCUT2D eigenvalue weighted by atomic mass is 10.3. The van der Waals surface area contributed by atoms with E-state index in [-0.39, 0.29) is 0 Å². The topological polar surface area (TPSA) is 26.3 Å². The Bertz CT molecular complexity index is 245. The highest BCUT2D eigenvalue weighted by Gasteiger charge is 2.13. The summed E-state index contributed by atoms with van der Waals surface area (Å²) in [5.41, 5.74) is 0.694. The van der Waals surface area contributed by atoms with Gasteiger partial charge in [0.1, 0.15) is 5.69 Å². The van der Waals surface area contributed by atoms with E-state index in [0.717, 1.165) is 4.53 Å². The second-order valence-corrected chi connectivity index (χ2v) is 3.21. The van der Waals surface area contributed by atoms with Crippen LogP contribution in [-0.2, 0) is 0 Å². The molecule has 0 unspecified atom stereocenters. The molecular weight excluding hydrogens is 176 g/mol. The lowest BCUT2D eigenvalue weighted by Crippen LogP contribution is -2.44. The Kier molecular flexibility index (Phi) is 2.57. The first kappa shape index (κ1) is 9.32. The fourth-order valence-electron chi connectivity index (χ4n) is 0.829. The third-order valence-electron chi connectivity index (χ3n) is 1.39. The van der Waals surface area contributed by atoms with Crippen LogP contribution in [-0.4, -0.2) is 18.9 Å². The van der Waals surface area contributed by atoms with Crippen LogP contribution in [0.15, 0.2) is 30.3 Å². The van der Waals surface area contributed by atoms with Gasteiger partial charge in [-0.1, -0.05) is 18.2 Å². The summed E-state index contributed by atoms with van der Waals surface area (Å²) in [6.45, 7) is 0. The van der Waals surface area contributed by atoms with Crippen LogP contribution in [0.2, 0.25) is 0 Å². The molecule has 3 nitrogen and oxygen atoms in total. The third-order valence-corrected chi connectivity index (χ3v) is 1.95.